The first kappa shape index (κ1) is 13.3. The van der Waals surface area contributed by atoms with Crippen molar-refractivity contribution in [2.24, 2.45) is 5.73 Å². The number of likely N-dealkylation sites (N-methyl/N-ethyl adjacent to an activating group) is 1. The molecule has 3 heteroatoms. The Hall–Kier alpha value is -0.800. The van der Waals surface area contributed by atoms with Gasteiger partial charge in [-0.2, -0.15) is 0 Å². The van der Waals surface area contributed by atoms with Crippen LogP contribution in [0.2, 0.25) is 0 Å². The van der Waals surface area contributed by atoms with Gasteiger partial charge >= 0.3 is 0 Å². The maximum atomic E-state index is 5.62. The van der Waals surface area contributed by atoms with Crippen LogP contribution in [-0.2, 0) is 6.42 Å². The van der Waals surface area contributed by atoms with Crippen molar-refractivity contribution in [2.45, 2.75) is 39.2 Å². The lowest BCUT2D eigenvalue weighted by atomic mass is 9.98. The van der Waals surface area contributed by atoms with Crippen LogP contribution in [-0.4, -0.2) is 30.6 Å². The Morgan fingerprint density at radius 1 is 1.38 bits per heavy atom. The highest BCUT2D eigenvalue weighted by molar-refractivity contribution is 5.05. The van der Waals surface area contributed by atoms with Crippen LogP contribution in [0, 0.1) is 6.92 Å². The van der Waals surface area contributed by atoms with Gasteiger partial charge < -0.3 is 15.1 Å². The van der Waals surface area contributed by atoms with Gasteiger partial charge in [-0.25, -0.2) is 0 Å². The highest BCUT2D eigenvalue weighted by Crippen LogP contribution is 2.17. The molecular formula is C13H24N2O. The minimum atomic E-state index is 0.163. The van der Waals surface area contributed by atoms with Crippen LogP contribution < -0.4 is 5.73 Å². The molecule has 0 amide bonds. The van der Waals surface area contributed by atoms with Crippen LogP contribution in [0.4, 0.5) is 0 Å². The molecule has 0 aromatic carbocycles. The van der Waals surface area contributed by atoms with E-state index in [2.05, 4.69) is 31.9 Å². The van der Waals surface area contributed by atoms with Crippen LogP contribution >= 0.6 is 0 Å². The molecule has 16 heavy (non-hydrogen) atoms. The average molecular weight is 224 g/mol. The van der Waals surface area contributed by atoms with Crippen LogP contribution in [0.5, 0.6) is 0 Å². The summed E-state index contributed by atoms with van der Waals surface area (Å²) in [6, 6.07) is 4.07. The normalized spacial score (nSPS) is 12.4. The quantitative estimate of drug-likeness (QED) is 0.805. The van der Waals surface area contributed by atoms with E-state index < -0.39 is 0 Å². The highest BCUT2D eigenvalue weighted by Gasteiger charge is 2.22. The summed E-state index contributed by atoms with van der Waals surface area (Å²) < 4.78 is 5.56. The fourth-order valence-electron chi connectivity index (χ4n) is 1.74. The van der Waals surface area contributed by atoms with Gasteiger partial charge in [0.1, 0.15) is 11.5 Å². The lowest BCUT2D eigenvalue weighted by Crippen LogP contribution is -2.43. The summed E-state index contributed by atoms with van der Waals surface area (Å²) in [5.41, 5.74) is 5.78. The van der Waals surface area contributed by atoms with Gasteiger partial charge in [0.25, 0.3) is 0 Å². The third-order valence-electron chi connectivity index (χ3n) is 3.28. The zero-order chi connectivity index (χ0) is 12.2. The fourth-order valence-corrected chi connectivity index (χ4v) is 1.74. The third kappa shape index (κ3) is 3.65. The van der Waals surface area contributed by atoms with Crippen molar-refractivity contribution in [1.29, 1.82) is 0 Å². The third-order valence-corrected chi connectivity index (χ3v) is 3.28. The van der Waals surface area contributed by atoms with Gasteiger partial charge in [0.05, 0.1) is 0 Å². The Labute approximate surface area is 98.6 Å². The second kappa shape index (κ2) is 5.51. The Morgan fingerprint density at radius 3 is 2.56 bits per heavy atom. The predicted molar refractivity (Wildman–Crippen MR) is 67.5 cm³/mol. The van der Waals surface area contributed by atoms with E-state index in [1.807, 2.05) is 13.0 Å². The molecule has 1 aromatic heterocycles. The molecule has 0 spiro atoms. The first-order valence-electron chi connectivity index (χ1n) is 5.92. The molecule has 0 aliphatic carbocycles. The van der Waals surface area contributed by atoms with Crippen molar-refractivity contribution < 1.29 is 4.42 Å². The summed E-state index contributed by atoms with van der Waals surface area (Å²) >= 11 is 0. The molecule has 1 heterocycles. The second-order valence-electron chi connectivity index (χ2n) is 5.04. The summed E-state index contributed by atoms with van der Waals surface area (Å²) in [5, 5.41) is 0. The maximum Gasteiger partial charge on any atom is 0.105 e. The Bertz CT molecular complexity index is 317. The molecule has 0 saturated carbocycles. The van der Waals surface area contributed by atoms with Gasteiger partial charge in [-0.1, -0.05) is 0 Å². The van der Waals surface area contributed by atoms with Gasteiger partial charge in [0.15, 0.2) is 0 Å². The molecule has 0 atom stereocenters. The smallest absolute Gasteiger partial charge is 0.105 e. The zero-order valence-electron chi connectivity index (χ0n) is 10.9. The van der Waals surface area contributed by atoms with Crippen LogP contribution in [0.15, 0.2) is 16.5 Å². The molecule has 1 aromatic rings. The number of aryl methyl sites for hydroxylation is 1. The summed E-state index contributed by atoms with van der Waals surface area (Å²) in [7, 11) is 2.14. The number of hydrogen-bond acceptors (Lipinski definition) is 3. The minimum Gasteiger partial charge on any atom is -0.466 e. The second-order valence-corrected chi connectivity index (χ2v) is 5.04. The molecule has 0 radical (unpaired) electrons. The maximum absolute atomic E-state index is 5.62. The summed E-state index contributed by atoms with van der Waals surface area (Å²) in [6.07, 6.45) is 1.97. The number of hydrogen-bond donors (Lipinski definition) is 1. The molecule has 0 fully saturated rings. The molecule has 3 nitrogen and oxygen atoms in total. The van der Waals surface area contributed by atoms with E-state index in [0.29, 0.717) is 0 Å². The van der Waals surface area contributed by atoms with Gasteiger partial charge in [0.2, 0.25) is 0 Å². The van der Waals surface area contributed by atoms with Crippen molar-refractivity contribution in [1.82, 2.24) is 4.90 Å². The lowest BCUT2D eigenvalue weighted by molar-refractivity contribution is 0.147. The van der Waals surface area contributed by atoms with Crippen LogP contribution in [0.3, 0.4) is 0 Å². The Balaban J connectivity index is 2.43. The Kier molecular flexibility index (Phi) is 4.56. The summed E-state index contributed by atoms with van der Waals surface area (Å²) in [4.78, 5) is 2.34. The monoisotopic (exact) mass is 224 g/mol. The van der Waals surface area contributed by atoms with E-state index >= 15 is 0 Å². The van der Waals surface area contributed by atoms with Crippen molar-refractivity contribution in [2.75, 3.05) is 20.1 Å². The number of nitrogens with zero attached hydrogens (tertiary/aromatic N) is 1. The van der Waals surface area contributed by atoms with Gasteiger partial charge in [-0.05, 0) is 52.9 Å². The minimum absolute atomic E-state index is 0.163. The van der Waals surface area contributed by atoms with Crippen molar-refractivity contribution in [3.8, 4) is 0 Å². The van der Waals surface area contributed by atoms with E-state index in [1.54, 1.807) is 0 Å². The zero-order valence-corrected chi connectivity index (χ0v) is 10.9. The van der Waals surface area contributed by atoms with Crippen molar-refractivity contribution in [3.63, 3.8) is 0 Å². The molecule has 0 aliphatic rings. The first-order valence-corrected chi connectivity index (χ1v) is 5.92. The molecular weight excluding hydrogens is 200 g/mol. The molecule has 92 valence electrons. The SMILES string of the molecule is Cc1ccc(CCN(C)C(C)(C)CCN)o1. The lowest BCUT2D eigenvalue weighted by Gasteiger charge is -2.35. The Morgan fingerprint density at radius 2 is 2.06 bits per heavy atom. The van der Waals surface area contributed by atoms with Gasteiger partial charge in [0, 0.05) is 18.5 Å². The van der Waals surface area contributed by atoms with E-state index in [4.69, 9.17) is 10.2 Å². The van der Waals surface area contributed by atoms with Gasteiger partial charge in [-0.15, -0.1) is 0 Å². The largest absolute Gasteiger partial charge is 0.466 e. The first-order chi connectivity index (χ1) is 7.45. The molecule has 0 bridgehead atoms. The van der Waals surface area contributed by atoms with E-state index in [-0.39, 0.29) is 5.54 Å². The van der Waals surface area contributed by atoms with E-state index in [9.17, 15) is 0 Å². The van der Waals surface area contributed by atoms with E-state index in [0.717, 1.165) is 37.5 Å². The topological polar surface area (TPSA) is 42.4 Å². The van der Waals surface area contributed by atoms with E-state index in [1.165, 1.54) is 0 Å². The summed E-state index contributed by atoms with van der Waals surface area (Å²) in [5.74, 6) is 2.05. The fraction of sp³-hybridized carbons (Fsp3) is 0.692. The molecule has 0 unspecified atom stereocenters. The van der Waals surface area contributed by atoms with Crippen molar-refractivity contribution in [3.05, 3.63) is 23.7 Å². The van der Waals surface area contributed by atoms with Gasteiger partial charge in [-0.3, -0.25) is 0 Å². The summed E-state index contributed by atoms with van der Waals surface area (Å²) in [6.45, 7) is 8.17. The molecule has 1 rings (SSSR count). The molecule has 0 aliphatic heterocycles. The van der Waals surface area contributed by atoms with Crippen LogP contribution in [0.1, 0.15) is 31.8 Å². The van der Waals surface area contributed by atoms with Crippen LogP contribution in [0.25, 0.3) is 0 Å². The molecule has 2 N–H and O–H groups in total. The number of rotatable bonds is 6. The highest BCUT2D eigenvalue weighted by atomic mass is 16.3. The predicted octanol–water partition coefficient (Wildman–Crippen LogP) is 2.19. The number of nitrogens with two attached hydrogens (primary N) is 1. The molecule has 0 saturated heterocycles. The standard InChI is InChI=1S/C13H24N2O/c1-11-5-6-12(16-11)7-10-15(4)13(2,3)8-9-14/h5-6H,7-10,14H2,1-4H3. The average Bonchev–Trinajstić information content (AvgIpc) is 2.60. The number of furan rings is 1. The van der Waals surface area contributed by atoms with Crippen molar-refractivity contribution >= 4 is 0 Å².